The first kappa shape index (κ1) is 19.7. The number of aliphatic imine (C=N–C) groups is 1. The van der Waals surface area contributed by atoms with Gasteiger partial charge in [-0.25, -0.2) is 14.2 Å². The maximum absolute atomic E-state index is 13.6. The van der Waals surface area contributed by atoms with Crippen molar-refractivity contribution in [2.75, 3.05) is 12.9 Å². The van der Waals surface area contributed by atoms with Crippen molar-refractivity contribution in [3.8, 4) is 6.07 Å². The third-order valence-electron chi connectivity index (χ3n) is 2.47. The fraction of sp³-hybridized carbons (Fsp3) is 0.200. The summed E-state index contributed by atoms with van der Waals surface area (Å²) in [4.78, 5) is 15.4. The topological polar surface area (TPSA) is 86.8 Å². The Hall–Kier alpha value is -2.37. The number of hydrogen-bond donors (Lipinski definition) is 1. The van der Waals surface area contributed by atoms with E-state index in [0.717, 1.165) is 6.20 Å². The van der Waals surface area contributed by atoms with Crippen molar-refractivity contribution in [1.82, 2.24) is 5.43 Å². The minimum absolute atomic E-state index is 0.131. The molecule has 0 radical (unpaired) electrons. The van der Waals surface area contributed by atoms with E-state index in [1.54, 1.807) is 19.2 Å². The van der Waals surface area contributed by atoms with Gasteiger partial charge in [0.05, 0.1) is 24.0 Å². The van der Waals surface area contributed by atoms with E-state index in [9.17, 15) is 9.18 Å². The molecule has 9 heteroatoms. The van der Waals surface area contributed by atoms with Gasteiger partial charge in [-0.1, -0.05) is 29.4 Å². The number of thioether (sulfide) groups is 1. The molecule has 0 spiro atoms. The van der Waals surface area contributed by atoms with Gasteiger partial charge in [-0.05, 0) is 25.3 Å². The molecule has 0 fully saturated rings. The normalized spacial score (nSPS) is 12.1. The SMILES string of the molecule is CCOC(=O)/C(C#N)=C/N=C(N/N=C\c1c(F)cccc1Cl)SC. The summed E-state index contributed by atoms with van der Waals surface area (Å²) in [6.45, 7) is 1.79. The molecule has 0 atom stereocenters. The molecule has 1 aromatic carbocycles. The molecule has 0 amide bonds. The molecule has 0 unspecified atom stereocenters. The minimum atomic E-state index is -0.758. The number of carbonyl (C=O) groups excluding carboxylic acids is 1. The van der Waals surface area contributed by atoms with Gasteiger partial charge in [0.15, 0.2) is 10.7 Å². The molecule has 0 heterocycles. The Balaban J connectivity index is 2.85. The molecule has 0 saturated heterocycles. The smallest absolute Gasteiger partial charge is 0.350 e. The average Bonchev–Trinajstić information content (AvgIpc) is 2.56. The molecule has 1 aromatic rings. The molecule has 0 aliphatic rings. The molecule has 1 N–H and O–H groups in total. The molecule has 0 saturated carbocycles. The Morgan fingerprint density at radius 2 is 2.33 bits per heavy atom. The standard InChI is InChI=1S/C15H14ClFN4O2S/c1-3-23-14(22)10(7-18)8-19-15(24-2)21-20-9-11-12(16)5-4-6-13(11)17/h4-6,8-9H,3H2,1-2H3,(H,19,21)/b10-8+,20-9-. The quantitative estimate of drug-likeness (QED) is 0.215. The first-order chi connectivity index (χ1) is 11.5. The highest BCUT2D eigenvalue weighted by molar-refractivity contribution is 8.13. The zero-order chi connectivity index (χ0) is 17.9. The van der Waals surface area contributed by atoms with E-state index in [1.165, 1.54) is 36.2 Å². The zero-order valence-electron chi connectivity index (χ0n) is 12.9. The maximum atomic E-state index is 13.6. The molecule has 126 valence electrons. The Morgan fingerprint density at radius 3 is 2.92 bits per heavy atom. The van der Waals surface area contributed by atoms with Crippen molar-refractivity contribution in [2.24, 2.45) is 10.1 Å². The first-order valence-corrected chi connectivity index (χ1v) is 8.26. The third-order valence-corrected chi connectivity index (χ3v) is 3.39. The van der Waals surface area contributed by atoms with Crippen molar-refractivity contribution in [1.29, 1.82) is 5.26 Å². The molecule has 6 nitrogen and oxygen atoms in total. The summed E-state index contributed by atoms with van der Waals surface area (Å²) < 4.78 is 18.3. The summed E-state index contributed by atoms with van der Waals surface area (Å²) in [7, 11) is 0. The van der Waals surface area contributed by atoms with Gasteiger partial charge in [0, 0.05) is 5.56 Å². The number of rotatable bonds is 5. The molecule has 0 aliphatic heterocycles. The van der Waals surface area contributed by atoms with E-state index in [-0.39, 0.29) is 27.9 Å². The average molecular weight is 369 g/mol. The van der Waals surface area contributed by atoms with Crippen LogP contribution in [-0.4, -0.2) is 30.2 Å². The van der Waals surface area contributed by atoms with Crippen LogP contribution in [-0.2, 0) is 9.53 Å². The second-order valence-corrected chi connectivity index (χ2v) is 5.22. The Bertz CT molecular complexity index is 708. The van der Waals surface area contributed by atoms with Crippen LogP contribution in [0.1, 0.15) is 12.5 Å². The van der Waals surface area contributed by atoms with Crippen LogP contribution in [0.4, 0.5) is 4.39 Å². The van der Waals surface area contributed by atoms with E-state index < -0.39 is 11.8 Å². The highest BCUT2D eigenvalue weighted by Crippen LogP contribution is 2.16. The minimum Gasteiger partial charge on any atom is -0.462 e. The maximum Gasteiger partial charge on any atom is 0.350 e. The van der Waals surface area contributed by atoms with Crippen molar-refractivity contribution >= 4 is 40.7 Å². The molecule has 0 aromatic heterocycles. The molecule has 0 aliphatic carbocycles. The van der Waals surface area contributed by atoms with E-state index in [2.05, 4.69) is 15.5 Å². The number of esters is 1. The lowest BCUT2D eigenvalue weighted by Crippen LogP contribution is -2.14. The second-order valence-electron chi connectivity index (χ2n) is 4.02. The molecule has 0 bridgehead atoms. The van der Waals surface area contributed by atoms with Crippen LogP contribution in [0.25, 0.3) is 0 Å². The molecule has 24 heavy (non-hydrogen) atoms. The lowest BCUT2D eigenvalue weighted by Gasteiger charge is -2.02. The molecule has 1 rings (SSSR count). The van der Waals surface area contributed by atoms with Gasteiger partial charge < -0.3 is 4.74 Å². The van der Waals surface area contributed by atoms with Gasteiger partial charge in [0.2, 0.25) is 0 Å². The van der Waals surface area contributed by atoms with E-state index >= 15 is 0 Å². The fourth-order valence-electron chi connectivity index (χ4n) is 1.37. The van der Waals surface area contributed by atoms with Crippen molar-refractivity contribution < 1.29 is 13.9 Å². The number of ether oxygens (including phenoxy) is 1. The van der Waals surface area contributed by atoms with Crippen LogP contribution in [0.2, 0.25) is 5.02 Å². The highest BCUT2D eigenvalue weighted by atomic mass is 35.5. The number of amidine groups is 1. The van der Waals surface area contributed by atoms with Crippen LogP contribution >= 0.6 is 23.4 Å². The zero-order valence-corrected chi connectivity index (χ0v) is 14.5. The number of nitrogens with one attached hydrogen (secondary N) is 1. The number of carbonyl (C=O) groups is 1. The summed E-state index contributed by atoms with van der Waals surface area (Å²) in [5, 5.41) is 13.2. The van der Waals surface area contributed by atoms with E-state index in [4.69, 9.17) is 21.6 Å². The van der Waals surface area contributed by atoms with Crippen molar-refractivity contribution in [3.05, 3.63) is 46.4 Å². The van der Waals surface area contributed by atoms with Crippen LogP contribution in [0, 0.1) is 17.1 Å². The Morgan fingerprint density at radius 1 is 1.58 bits per heavy atom. The monoisotopic (exact) mass is 368 g/mol. The van der Waals surface area contributed by atoms with Crippen LogP contribution in [0.15, 0.2) is 40.1 Å². The number of hydrazone groups is 1. The summed E-state index contributed by atoms with van der Waals surface area (Å²) >= 11 is 7.06. The van der Waals surface area contributed by atoms with Gasteiger partial charge in [0.25, 0.3) is 0 Å². The fourth-order valence-corrected chi connectivity index (χ4v) is 1.89. The van der Waals surface area contributed by atoms with Gasteiger partial charge >= 0.3 is 5.97 Å². The van der Waals surface area contributed by atoms with Crippen LogP contribution in [0.3, 0.4) is 0 Å². The van der Waals surface area contributed by atoms with Crippen LogP contribution in [0.5, 0.6) is 0 Å². The Kier molecular flexibility index (Phi) is 8.54. The first-order valence-electron chi connectivity index (χ1n) is 6.65. The lowest BCUT2D eigenvalue weighted by molar-refractivity contribution is -0.138. The number of benzene rings is 1. The lowest BCUT2D eigenvalue weighted by atomic mass is 10.2. The van der Waals surface area contributed by atoms with Crippen LogP contribution < -0.4 is 5.43 Å². The van der Waals surface area contributed by atoms with Crippen molar-refractivity contribution in [2.45, 2.75) is 6.92 Å². The number of hydrogen-bond acceptors (Lipinski definition) is 6. The summed E-state index contributed by atoms with van der Waals surface area (Å²) in [6.07, 6.45) is 3.99. The third kappa shape index (κ3) is 6.02. The number of halogens is 2. The predicted molar refractivity (Wildman–Crippen MR) is 93.4 cm³/mol. The van der Waals surface area contributed by atoms with Gasteiger partial charge in [-0.15, -0.1) is 0 Å². The van der Waals surface area contributed by atoms with Crippen molar-refractivity contribution in [3.63, 3.8) is 0 Å². The van der Waals surface area contributed by atoms with E-state index in [0.29, 0.717) is 0 Å². The molecular weight excluding hydrogens is 355 g/mol. The number of nitrogens with zero attached hydrogens (tertiary/aromatic N) is 3. The predicted octanol–water partition coefficient (Wildman–Crippen LogP) is 3.09. The molecular formula is C15H14ClFN4O2S. The summed E-state index contributed by atoms with van der Waals surface area (Å²) in [6, 6.07) is 5.99. The van der Waals surface area contributed by atoms with Gasteiger partial charge in [-0.3, -0.25) is 5.43 Å². The van der Waals surface area contributed by atoms with Gasteiger partial charge in [0.1, 0.15) is 11.9 Å². The Labute approximate surface area is 148 Å². The largest absolute Gasteiger partial charge is 0.462 e. The second kappa shape index (κ2) is 10.4. The highest BCUT2D eigenvalue weighted by Gasteiger charge is 2.09. The summed E-state index contributed by atoms with van der Waals surface area (Å²) in [5.41, 5.74) is 2.46. The summed E-state index contributed by atoms with van der Waals surface area (Å²) in [5.74, 6) is -1.27. The van der Waals surface area contributed by atoms with Gasteiger partial charge in [-0.2, -0.15) is 10.4 Å². The number of nitriles is 1. The van der Waals surface area contributed by atoms with E-state index in [1.807, 2.05) is 0 Å².